The van der Waals surface area contributed by atoms with E-state index in [0.29, 0.717) is 0 Å². The fourth-order valence-electron chi connectivity index (χ4n) is 0.955. The van der Waals surface area contributed by atoms with Crippen molar-refractivity contribution < 1.29 is 14.0 Å². The van der Waals surface area contributed by atoms with E-state index in [1.165, 1.54) is 18.2 Å². The summed E-state index contributed by atoms with van der Waals surface area (Å²) in [7, 11) is 3.06. The van der Waals surface area contributed by atoms with E-state index in [1.54, 1.807) is 19.2 Å². The van der Waals surface area contributed by atoms with Gasteiger partial charge < -0.3 is 14.6 Å². The Morgan fingerprint density at radius 2 is 2.29 bits per heavy atom. The van der Waals surface area contributed by atoms with Gasteiger partial charge in [0.15, 0.2) is 5.76 Å². The molecule has 1 aromatic heterocycles. The third-order valence-electron chi connectivity index (χ3n) is 1.74. The van der Waals surface area contributed by atoms with Crippen molar-refractivity contribution in [1.29, 1.82) is 0 Å². The Morgan fingerprint density at radius 1 is 1.57 bits per heavy atom. The maximum Gasteiger partial charge on any atom is 0.289 e. The molecule has 0 saturated carbocycles. The predicted molar refractivity (Wildman–Crippen MR) is 49.7 cm³/mol. The number of likely N-dealkylation sites (N-methyl/N-ethyl adjacent to an activating group) is 2. The van der Waals surface area contributed by atoms with Crippen LogP contribution in [0.1, 0.15) is 10.6 Å². The van der Waals surface area contributed by atoms with Gasteiger partial charge in [-0.3, -0.25) is 9.59 Å². The lowest BCUT2D eigenvalue weighted by molar-refractivity contribution is -0.121. The third kappa shape index (κ3) is 2.35. The molecule has 2 amide bonds. The Hall–Kier alpha value is -1.78. The van der Waals surface area contributed by atoms with Gasteiger partial charge in [0.1, 0.15) is 0 Å². The van der Waals surface area contributed by atoms with Crippen LogP contribution in [0.2, 0.25) is 0 Å². The quantitative estimate of drug-likeness (QED) is 0.745. The topological polar surface area (TPSA) is 62.6 Å². The molecule has 1 N–H and O–H groups in total. The molecule has 0 aliphatic heterocycles. The van der Waals surface area contributed by atoms with E-state index < -0.39 is 0 Å². The number of nitrogens with zero attached hydrogens (tertiary/aromatic N) is 1. The zero-order chi connectivity index (χ0) is 10.6. The SMILES string of the molecule is CNC(=O)CN(C)C(=O)c1ccco1. The molecule has 5 nitrogen and oxygen atoms in total. The maximum atomic E-state index is 11.5. The Balaban J connectivity index is 2.58. The van der Waals surface area contributed by atoms with Crippen LogP contribution in [-0.4, -0.2) is 37.4 Å². The van der Waals surface area contributed by atoms with Crippen LogP contribution in [0.5, 0.6) is 0 Å². The van der Waals surface area contributed by atoms with Crippen molar-refractivity contribution in [2.45, 2.75) is 0 Å². The first-order valence-electron chi connectivity index (χ1n) is 4.14. The van der Waals surface area contributed by atoms with Crippen molar-refractivity contribution in [3.63, 3.8) is 0 Å². The fraction of sp³-hybridized carbons (Fsp3) is 0.333. The summed E-state index contributed by atoms with van der Waals surface area (Å²) in [5.74, 6) is -0.289. The van der Waals surface area contributed by atoms with Crippen molar-refractivity contribution in [2.24, 2.45) is 0 Å². The van der Waals surface area contributed by atoms with Crippen LogP contribution in [0.3, 0.4) is 0 Å². The van der Waals surface area contributed by atoms with Crippen LogP contribution in [-0.2, 0) is 4.79 Å². The summed E-state index contributed by atoms with van der Waals surface area (Å²) in [6.45, 7) is 0.0238. The van der Waals surface area contributed by atoms with Crippen LogP contribution in [0.15, 0.2) is 22.8 Å². The molecular weight excluding hydrogens is 184 g/mol. The van der Waals surface area contributed by atoms with Gasteiger partial charge in [-0.2, -0.15) is 0 Å². The summed E-state index contributed by atoms with van der Waals surface area (Å²) in [4.78, 5) is 23.8. The molecule has 0 aromatic carbocycles. The first-order valence-corrected chi connectivity index (χ1v) is 4.14. The van der Waals surface area contributed by atoms with E-state index in [0.717, 1.165) is 0 Å². The second-order valence-electron chi connectivity index (χ2n) is 2.81. The third-order valence-corrected chi connectivity index (χ3v) is 1.74. The highest BCUT2D eigenvalue weighted by Gasteiger charge is 2.15. The number of furan rings is 1. The van der Waals surface area contributed by atoms with Gasteiger partial charge in [-0.05, 0) is 12.1 Å². The van der Waals surface area contributed by atoms with Gasteiger partial charge in [-0.1, -0.05) is 0 Å². The van der Waals surface area contributed by atoms with Gasteiger partial charge in [0.2, 0.25) is 5.91 Å². The highest BCUT2D eigenvalue weighted by atomic mass is 16.3. The number of rotatable bonds is 3. The summed E-state index contributed by atoms with van der Waals surface area (Å²) in [5.41, 5.74) is 0. The molecule has 76 valence electrons. The Bertz CT molecular complexity index is 319. The zero-order valence-corrected chi connectivity index (χ0v) is 8.11. The highest BCUT2D eigenvalue weighted by Crippen LogP contribution is 2.03. The molecule has 0 aliphatic rings. The number of amides is 2. The molecule has 0 aliphatic carbocycles. The average molecular weight is 196 g/mol. The Kier molecular flexibility index (Phi) is 3.28. The van der Waals surface area contributed by atoms with Gasteiger partial charge in [0.25, 0.3) is 5.91 Å². The summed E-state index contributed by atoms with van der Waals surface area (Å²) in [5, 5.41) is 2.43. The lowest BCUT2D eigenvalue weighted by Crippen LogP contribution is -2.36. The van der Waals surface area contributed by atoms with Gasteiger partial charge in [-0.25, -0.2) is 0 Å². The summed E-state index contributed by atoms with van der Waals surface area (Å²) < 4.78 is 4.91. The van der Waals surface area contributed by atoms with Crippen LogP contribution < -0.4 is 5.32 Å². The zero-order valence-electron chi connectivity index (χ0n) is 8.11. The average Bonchev–Trinajstić information content (AvgIpc) is 2.69. The minimum absolute atomic E-state index is 0.0238. The molecule has 0 atom stereocenters. The molecule has 0 unspecified atom stereocenters. The van der Waals surface area contributed by atoms with E-state index in [4.69, 9.17) is 4.42 Å². The van der Waals surface area contributed by atoms with Crippen molar-refractivity contribution in [1.82, 2.24) is 10.2 Å². The number of hydrogen-bond acceptors (Lipinski definition) is 3. The van der Waals surface area contributed by atoms with Crippen molar-refractivity contribution in [2.75, 3.05) is 20.6 Å². The molecule has 0 fully saturated rings. The van der Waals surface area contributed by atoms with E-state index in [1.807, 2.05) is 0 Å². The van der Waals surface area contributed by atoms with Gasteiger partial charge in [0.05, 0.1) is 12.8 Å². The second kappa shape index (κ2) is 4.45. The molecule has 5 heteroatoms. The van der Waals surface area contributed by atoms with Crippen LogP contribution in [0, 0.1) is 0 Å². The minimum Gasteiger partial charge on any atom is -0.459 e. The van der Waals surface area contributed by atoms with E-state index >= 15 is 0 Å². The van der Waals surface area contributed by atoms with Crippen molar-refractivity contribution in [3.05, 3.63) is 24.2 Å². The molecule has 1 rings (SSSR count). The van der Waals surface area contributed by atoms with Crippen molar-refractivity contribution >= 4 is 11.8 Å². The lowest BCUT2D eigenvalue weighted by atomic mass is 10.4. The molecule has 1 aromatic rings. The molecule has 0 bridgehead atoms. The predicted octanol–water partition coefficient (Wildman–Crippen LogP) is 0.0976. The number of carbonyl (C=O) groups is 2. The first kappa shape index (κ1) is 10.3. The summed E-state index contributed by atoms with van der Waals surface area (Å²) in [6, 6.07) is 3.18. The monoisotopic (exact) mass is 196 g/mol. The minimum atomic E-state index is -0.307. The lowest BCUT2D eigenvalue weighted by Gasteiger charge is -2.13. The molecule has 0 saturated heterocycles. The Morgan fingerprint density at radius 3 is 2.79 bits per heavy atom. The van der Waals surface area contributed by atoms with E-state index in [-0.39, 0.29) is 24.1 Å². The molecule has 0 radical (unpaired) electrons. The number of carbonyl (C=O) groups excluding carboxylic acids is 2. The highest BCUT2D eigenvalue weighted by molar-refractivity contribution is 5.93. The summed E-state index contributed by atoms with van der Waals surface area (Å²) in [6.07, 6.45) is 1.42. The normalized spacial score (nSPS) is 9.57. The smallest absolute Gasteiger partial charge is 0.289 e. The molecule has 0 spiro atoms. The van der Waals surface area contributed by atoms with Crippen LogP contribution in [0.25, 0.3) is 0 Å². The van der Waals surface area contributed by atoms with Crippen LogP contribution in [0.4, 0.5) is 0 Å². The fourth-order valence-corrected chi connectivity index (χ4v) is 0.955. The first-order chi connectivity index (χ1) is 6.65. The van der Waals surface area contributed by atoms with Gasteiger partial charge >= 0.3 is 0 Å². The molecule has 14 heavy (non-hydrogen) atoms. The number of nitrogens with one attached hydrogen (secondary N) is 1. The largest absolute Gasteiger partial charge is 0.459 e. The maximum absolute atomic E-state index is 11.5. The van der Waals surface area contributed by atoms with E-state index in [2.05, 4.69) is 5.32 Å². The standard InChI is InChI=1S/C9H12N2O3/c1-10-8(12)6-11(2)9(13)7-4-3-5-14-7/h3-5H,6H2,1-2H3,(H,10,12). The van der Waals surface area contributed by atoms with Gasteiger partial charge in [0, 0.05) is 14.1 Å². The van der Waals surface area contributed by atoms with Gasteiger partial charge in [-0.15, -0.1) is 0 Å². The van der Waals surface area contributed by atoms with E-state index in [9.17, 15) is 9.59 Å². The Labute approximate surface area is 81.7 Å². The van der Waals surface area contributed by atoms with Crippen LogP contribution >= 0.6 is 0 Å². The molecule has 1 heterocycles. The number of hydrogen-bond donors (Lipinski definition) is 1. The second-order valence-corrected chi connectivity index (χ2v) is 2.81. The molecular formula is C9H12N2O3. The summed E-state index contributed by atoms with van der Waals surface area (Å²) >= 11 is 0. The van der Waals surface area contributed by atoms with Crippen molar-refractivity contribution in [3.8, 4) is 0 Å².